The number of nitrogens with one attached hydrogen (secondary N) is 1. The third-order valence-electron chi connectivity index (χ3n) is 4.29. The molecule has 2 atom stereocenters. The van der Waals surface area contributed by atoms with E-state index in [1.807, 2.05) is 0 Å². The molecule has 3 aliphatic heterocycles. The maximum absolute atomic E-state index is 12.5. The predicted octanol–water partition coefficient (Wildman–Crippen LogP) is -0.473. The lowest BCUT2D eigenvalue weighted by Crippen LogP contribution is -2.52. The molecule has 0 aromatic rings. The molecule has 8 heteroatoms. The van der Waals surface area contributed by atoms with Gasteiger partial charge in [-0.15, -0.1) is 12.4 Å². The first-order valence-corrected chi connectivity index (χ1v) is 8.11. The maximum atomic E-state index is 12.5. The lowest BCUT2D eigenvalue weighted by Gasteiger charge is -2.37. The topological polar surface area (TPSA) is 61.9 Å². The smallest absolute Gasteiger partial charge is 0.282 e. The fourth-order valence-electron chi connectivity index (χ4n) is 3.15. The van der Waals surface area contributed by atoms with E-state index in [9.17, 15) is 8.42 Å². The quantitative estimate of drug-likeness (QED) is 0.749. The molecule has 0 aromatic heterocycles. The zero-order valence-electron chi connectivity index (χ0n) is 11.0. The van der Waals surface area contributed by atoms with Gasteiger partial charge in [0.1, 0.15) is 0 Å². The molecule has 0 aliphatic carbocycles. The van der Waals surface area contributed by atoms with Crippen molar-refractivity contribution in [1.29, 1.82) is 0 Å². The van der Waals surface area contributed by atoms with Crippen LogP contribution in [0.15, 0.2) is 0 Å². The molecule has 0 radical (unpaired) electrons. The fourth-order valence-corrected chi connectivity index (χ4v) is 4.80. The molecule has 0 spiro atoms. The Labute approximate surface area is 121 Å². The molecule has 3 rings (SSSR count). The molecule has 1 N–H and O–H groups in total. The monoisotopic (exact) mass is 311 g/mol. The minimum Gasteiger partial charge on any atom is -0.379 e. The average Bonchev–Trinajstić information content (AvgIpc) is 2.87. The predicted molar refractivity (Wildman–Crippen MR) is 74.6 cm³/mol. The Morgan fingerprint density at radius 2 is 1.68 bits per heavy atom. The van der Waals surface area contributed by atoms with Gasteiger partial charge in [-0.05, 0) is 31.3 Å². The Balaban J connectivity index is 0.00000133. The Hall–Kier alpha value is 0.0800. The minimum atomic E-state index is -3.26. The molecule has 112 valence electrons. The second-order valence-corrected chi connectivity index (χ2v) is 7.27. The van der Waals surface area contributed by atoms with Gasteiger partial charge in [0.25, 0.3) is 10.2 Å². The zero-order valence-corrected chi connectivity index (χ0v) is 12.6. The van der Waals surface area contributed by atoms with Crippen molar-refractivity contribution in [1.82, 2.24) is 13.9 Å². The van der Waals surface area contributed by atoms with Gasteiger partial charge in [-0.1, -0.05) is 0 Å². The van der Waals surface area contributed by atoms with Gasteiger partial charge in [0.2, 0.25) is 0 Å². The molecule has 2 unspecified atom stereocenters. The standard InChI is InChI=1S/C11H21N3O3S.ClH/c15-18(16,13-3-5-17-6-4-13)14-2-1-10-7-12-8-11(10)9-14;/h10-12H,1-9H2;1H. The largest absolute Gasteiger partial charge is 0.379 e. The summed E-state index contributed by atoms with van der Waals surface area (Å²) in [4.78, 5) is 0. The highest BCUT2D eigenvalue weighted by Crippen LogP contribution is 2.28. The summed E-state index contributed by atoms with van der Waals surface area (Å²) < 4.78 is 33.5. The first kappa shape index (κ1) is 15.5. The van der Waals surface area contributed by atoms with Gasteiger partial charge < -0.3 is 10.1 Å². The summed E-state index contributed by atoms with van der Waals surface area (Å²) in [6.45, 7) is 5.37. The lowest BCUT2D eigenvalue weighted by molar-refractivity contribution is 0.0686. The van der Waals surface area contributed by atoms with E-state index in [-0.39, 0.29) is 12.4 Å². The molecule has 3 heterocycles. The second kappa shape index (κ2) is 6.24. The Morgan fingerprint density at radius 1 is 1.00 bits per heavy atom. The normalized spacial score (nSPS) is 33.7. The first-order chi connectivity index (χ1) is 8.68. The van der Waals surface area contributed by atoms with Crippen LogP contribution < -0.4 is 5.32 Å². The van der Waals surface area contributed by atoms with E-state index >= 15 is 0 Å². The maximum Gasteiger partial charge on any atom is 0.282 e. The third kappa shape index (κ3) is 3.06. The number of hydrogen-bond donors (Lipinski definition) is 1. The van der Waals surface area contributed by atoms with Crippen LogP contribution >= 0.6 is 12.4 Å². The van der Waals surface area contributed by atoms with Crippen LogP contribution in [0.25, 0.3) is 0 Å². The highest BCUT2D eigenvalue weighted by molar-refractivity contribution is 7.86. The van der Waals surface area contributed by atoms with Crippen molar-refractivity contribution in [2.24, 2.45) is 11.8 Å². The van der Waals surface area contributed by atoms with Crippen molar-refractivity contribution in [3.63, 3.8) is 0 Å². The van der Waals surface area contributed by atoms with Crippen LogP contribution in [0.5, 0.6) is 0 Å². The molecule has 0 saturated carbocycles. The summed E-state index contributed by atoms with van der Waals surface area (Å²) in [7, 11) is -3.26. The summed E-state index contributed by atoms with van der Waals surface area (Å²) in [5.74, 6) is 1.16. The fraction of sp³-hybridized carbons (Fsp3) is 1.00. The Kier molecular flexibility index (Phi) is 5.08. The van der Waals surface area contributed by atoms with Crippen molar-refractivity contribution in [2.45, 2.75) is 6.42 Å². The summed E-state index contributed by atoms with van der Waals surface area (Å²) in [5, 5.41) is 3.36. The van der Waals surface area contributed by atoms with Crippen LogP contribution in [0.2, 0.25) is 0 Å². The second-order valence-electron chi connectivity index (χ2n) is 5.34. The first-order valence-electron chi connectivity index (χ1n) is 6.71. The van der Waals surface area contributed by atoms with Crippen molar-refractivity contribution in [3.8, 4) is 0 Å². The number of piperidine rings is 1. The van der Waals surface area contributed by atoms with Gasteiger partial charge in [-0.2, -0.15) is 17.0 Å². The van der Waals surface area contributed by atoms with E-state index in [2.05, 4.69) is 5.32 Å². The van der Waals surface area contributed by atoms with Crippen molar-refractivity contribution >= 4 is 22.6 Å². The van der Waals surface area contributed by atoms with Crippen molar-refractivity contribution in [2.75, 3.05) is 52.5 Å². The highest BCUT2D eigenvalue weighted by Gasteiger charge is 2.39. The van der Waals surface area contributed by atoms with Crippen molar-refractivity contribution in [3.05, 3.63) is 0 Å². The highest BCUT2D eigenvalue weighted by atomic mass is 35.5. The van der Waals surface area contributed by atoms with Crippen LogP contribution in [-0.4, -0.2) is 69.5 Å². The van der Waals surface area contributed by atoms with E-state index < -0.39 is 10.2 Å². The molecule has 3 saturated heterocycles. The molecule has 0 aromatic carbocycles. The zero-order chi connectivity index (χ0) is 12.6. The number of hydrogen-bond acceptors (Lipinski definition) is 4. The molecule has 3 fully saturated rings. The number of rotatable bonds is 2. The molecule has 6 nitrogen and oxygen atoms in total. The lowest BCUT2D eigenvalue weighted by atomic mass is 9.90. The minimum absolute atomic E-state index is 0. The Morgan fingerprint density at radius 3 is 2.42 bits per heavy atom. The van der Waals surface area contributed by atoms with Gasteiger partial charge in [-0.3, -0.25) is 0 Å². The van der Waals surface area contributed by atoms with Crippen LogP contribution in [-0.2, 0) is 14.9 Å². The molecule has 3 aliphatic rings. The Bertz CT molecular complexity index is 400. The summed E-state index contributed by atoms with van der Waals surface area (Å²) in [6, 6.07) is 0. The summed E-state index contributed by atoms with van der Waals surface area (Å²) in [5.41, 5.74) is 0. The van der Waals surface area contributed by atoms with Crippen LogP contribution in [0, 0.1) is 11.8 Å². The summed E-state index contributed by atoms with van der Waals surface area (Å²) in [6.07, 6.45) is 0.987. The molecule has 19 heavy (non-hydrogen) atoms. The number of halogens is 1. The number of morpholine rings is 1. The van der Waals surface area contributed by atoms with Gasteiger partial charge in [-0.25, -0.2) is 0 Å². The third-order valence-corrected chi connectivity index (χ3v) is 6.29. The van der Waals surface area contributed by atoms with Crippen molar-refractivity contribution < 1.29 is 13.2 Å². The number of nitrogens with zero attached hydrogens (tertiary/aromatic N) is 2. The van der Waals surface area contributed by atoms with E-state index in [1.165, 1.54) is 0 Å². The molecular weight excluding hydrogens is 290 g/mol. The van der Waals surface area contributed by atoms with Crippen LogP contribution in [0.3, 0.4) is 0 Å². The van der Waals surface area contributed by atoms with Crippen LogP contribution in [0.4, 0.5) is 0 Å². The van der Waals surface area contributed by atoms with Gasteiger partial charge in [0.05, 0.1) is 13.2 Å². The van der Waals surface area contributed by atoms with Gasteiger partial charge in [0, 0.05) is 26.2 Å². The number of ether oxygens (including phenoxy) is 1. The van der Waals surface area contributed by atoms with E-state index in [1.54, 1.807) is 8.61 Å². The van der Waals surface area contributed by atoms with E-state index in [0.29, 0.717) is 51.2 Å². The molecule has 0 bridgehead atoms. The molecule has 0 amide bonds. The van der Waals surface area contributed by atoms with Crippen LogP contribution in [0.1, 0.15) is 6.42 Å². The van der Waals surface area contributed by atoms with Gasteiger partial charge >= 0.3 is 0 Å². The molecular formula is C11H22ClN3O3S. The SMILES string of the molecule is Cl.O=S(=O)(N1CCOCC1)N1CCC2CNCC2C1. The van der Waals surface area contributed by atoms with E-state index in [4.69, 9.17) is 4.74 Å². The average molecular weight is 312 g/mol. The van der Waals surface area contributed by atoms with E-state index in [0.717, 1.165) is 19.5 Å². The number of fused-ring (bicyclic) bond motifs is 1. The summed E-state index contributed by atoms with van der Waals surface area (Å²) >= 11 is 0. The van der Waals surface area contributed by atoms with Gasteiger partial charge in [0.15, 0.2) is 0 Å².